The lowest BCUT2D eigenvalue weighted by atomic mass is 9.96. The summed E-state index contributed by atoms with van der Waals surface area (Å²) in [6.45, 7) is 2.36. The molecule has 32 heavy (non-hydrogen) atoms. The third-order valence-electron chi connectivity index (χ3n) is 6.74. The van der Waals surface area contributed by atoms with Crippen LogP contribution in [-0.2, 0) is 9.47 Å². The summed E-state index contributed by atoms with van der Waals surface area (Å²) in [7, 11) is 0. The van der Waals surface area contributed by atoms with E-state index in [4.69, 9.17) is 14.6 Å². The Bertz CT molecular complexity index is 1270. The van der Waals surface area contributed by atoms with Crippen LogP contribution in [0.3, 0.4) is 0 Å². The van der Waals surface area contributed by atoms with Gasteiger partial charge in [0.1, 0.15) is 17.6 Å². The highest BCUT2D eigenvalue weighted by atomic mass is 127. The van der Waals surface area contributed by atoms with E-state index in [0.717, 1.165) is 71.2 Å². The second-order valence-electron chi connectivity index (χ2n) is 8.76. The van der Waals surface area contributed by atoms with Crippen LogP contribution >= 0.6 is 22.6 Å². The number of halogens is 2. The van der Waals surface area contributed by atoms with E-state index >= 15 is 0 Å². The van der Waals surface area contributed by atoms with Gasteiger partial charge in [0.05, 0.1) is 9.09 Å². The van der Waals surface area contributed by atoms with E-state index in [0.29, 0.717) is 5.92 Å². The lowest BCUT2D eigenvalue weighted by molar-refractivity contribution is -0.0390. The van der Waals surface area contributed by atoms with Crippen molar-refractivity contribution in [3.8, 4) is 5.69 Å². The normalized spacial score (nSPS) is 20.4. The minimum absolute atomic E-state index is 0.0170. The molecule has 4 heterocycles. The zero-order valence-corrected chi connectivity index (χ0v) is 19.9. The monoisotopic (exact) mass is 545 g/mol. The molecular weight excluding hydrogens is 520 g/mol. The van der Waals surface area contributed by atoms with Crippen molar-refractivity contribution in [2.75, 3.05) is 19.8 Å². The smallest absolute Gasteiger partial charge is 0.150 e. The van der Waals surface area contributed by atoms with Gasteiger partial charge >= 0.3 is 0 Å². The Morgan fingerprint density at radius 1 is 1.00 bits per heavy atom. The SMILES string of the molecule is Fc1ccc(-n2c(C3CCOCC3)cc3c(I)c4nn(C5CCCCO5)cc4cc32)cc1. The highest BCUT2D eigenvalue weighted by Crippen LogP contribution is 2.39. The van der Waals surface area contributed by atoms with Crippen LogP contribution in [0.1, 0.15) is 49.9 Å². The molecule has 0 saturated carbocycles. The minimum Gasteiger partial charge on any atom is -0.381 e. The Morgan fingerprint density at radius 3 is 2.56 bits per heavy atom. The summed E-state index contributed by atoms with van der Waals surface area (Å²) in [5.41, 5.74) is 4.41. The molecule has 1 atom stereocenters. The van der Waals surface area contributed by atoms with Crippen LogP contribution in [0.2, 0.25) is 0 Å². The molecule has 2 saturated heterocycles. The zero-order valence-electron chi connectivity index (χ0n) is 17.8. The average Bonchev–Trinajstić information content (AvgIpc) is 3.44. The maximum atomic E-state index is 13.7. The van der Waals surface area contributed by atoms with Crippen LogP contribution in [0.15, 0.2) is 42.6 Å². The third kappa shape index (κ3) is 3.54. The molecule has 2 fully saturated rings. The molecule has 0 amide bonds. The molecule has 2 aliphatic rings. The third-order valence-corrected chi connectivity index (χ3v) is 7.83. The second-order valence-corrected chi connectivity index (χ2v) is 9.84. The molecule has 5 nitrogen and oxygen atoms in total. The summed E-state index contributed by atoms with van der Waals surface area (Å²) in [5.74, 6) is 0.198. The fourth-order valence-corrected chi connectivity index (χ4v) is 5.92. The van der Waals surface area contributed by atoms with Crippen LogP contribution < -0.4 is 0 Å². The van der Waals surface area contributed by atoms with E-state index in [1.54, 1.807) is 0 Å². The molecule has 2 aliphatic heterocycles. The summed E-state index contributed by atoms with van der Waals surface area (Å²) in [6, 6.07) is 11.4. The molecule has 2 aromatic heterocycles. The van der Waals surface area contributed by atoms with E-state index < -0.39 is 0 Å². The molecule has 6 rings (SSSR count). The topological polar surface area (TPSA) is 41.2 Å². The van der Waals surface area contributed by atoms with Crippen molar-refractivity contribution in [1.82, 2.24) is 14.3 Å². The van der Waals surface area contributed by atoms with Gasteiger partial charge in [-0.1, -0.05) is 0 Å². The van der Waals surface area contributed by atoms with E-state index in [1.807, 2.05) is 16.8 Å². The van der Waals surface area contributed by atoms with Gasteiger partial charge in [0.15, 0.2) is 0 Å². The molecule has 7 heteroatoms. The predicted molar refractivity (Wildman–Crippen MR) is 131 cm³/mol. The Morgan fingerprint density at radius 2 is 1.81 bits per heavy atom. The van der Waals surface area contributed by atoms with Gasteiger partial charge in [0.25, 0.3) is 0 Å². The lowest BCUT2D eigenvalue weighted by Crippen LogP contribution is -2.18. The molecule has 1 unspecified atom stereocenters. The van der Waals surface area contributed by atoms with Gasteiger partial charge in [0, 0.05) is 54.1 Å². The molecule has 0 radical (unpaired) electrons. The standard InChI is InChI=1S/C25H25FIN3O2/c26-18-4-6-19(7-5-18)30-21(16-8-11-31-12-9-16)14-20-22(30)13-17-15-29(28-25(17)24(20)27)23-3-1-2-10-32-23/h4-7,13-16,23H,1-3,8-12H2. The zero-order chi connectivity index (χ0) is 21.7. The Balaban J connectivity index is 1.55. The van der Waals surface area contributed by atoms with Crippen molar-refractivity contribution < 1.29 is 13.9 Å². The predicted octanol–water partition coefficient (Wildman–Crippen LogP) is 6.32. The fourth-order valence-electron chi connectivity index (χ4n) is 5.07. The van der Waals surface area contributed by atoms with Gasteiger partial charge in [0.2, 0.25) is 0 Å². The Hall–Kier alpha value is -1.97. The maximum absolute atomic E-state index is 13.7. The van der Waals surface area contributed by atoms with E-state index in [2.05, 4.69) is 45.5 Å². The van der Waals surface area contributed by atoms with Crippen molar-refractivity contribution in [1.29, 1.82) is 0 Å². The van der Waals surface area contributed by atoms with Crippen LogP contribution in [0.4, 0.5) is 4.39 Å². The number of hydrogen-bond donors (Lipinski definition) is 0. The summed E-state index contributed by atoms with van der Waals surface area (Å²) in [4.78, 5) is 0. The van der Waals surface area contributed by atoms with E-state index in [9.17, 15) is 4.39 Å². The van der Waals surface area contributed by atoms with Crippen molar-refractivity contribution in [3.63, 3.8) is 0 Å². The number of aromatic nitrogens is 3. The number of fused-ring (bicyclic) bond motifs is 2. The largest absolute Gasteiger partial charge is 0.381 e. The van der Waals surface area contributed by atoms with Gasteiger partial charge in [-0.25, -0.2) is 9.07 Å². The number of ether oxygens (including phenoxy) is 2. The highest BCUT2D eigenvalue weighted by molar-refractivity contribution is 14.1. The van der Waals surface area contributed by atoms with Gasteiger partial charge in [-0.05, 0) is 91.1 Å². The fraction of sp³-hybridized carbons (Fsp3) is 0.400. The van der Waals surface area contributed by atoms with Gasteiger partial charge in [-0.2, -0.15) is 5.10 Å². The molecule has 0 N–H and O–H groups in total. The van der Waals surface area contributed by atoms with E-state index in [-0.39, 0.29) is 12.0 Å². The van der Waals surface area contributed by atoms with Gasteiger partial charge in [-0.3, -0.25) is 0 Å². The number of rotatable bonds is 3. The molecular formula is C25H25FIN3O2. The average molecular weight is 545 g/mol. The molecule has 4 aromatic rings. The highest BCUT2D eigenvalue weighted by Gasteiger charge is 2.25. The number of benzene rings is 2. The van der Waals surface area contributed by atoms with Crippen molar-refractivity contribution in [2.24, 2.45) is 0 Å². The Labute approximate surface area is 199 Å². The maximum Gasteiger partial charge on any atom is 0.150 e. The van der Waals surface area contributed by atoms with Crippen LogP contribution in [-0.4, -0.2) is 34.2 Å². The summed E-state index contributed by atoms with van der Waals surface area (Å²) in [5, 5.41) is 7.23. The van der Waals surface area contributed by atoms with Crippen molar-refractivity contribution >= 4 is 44.4 Å². The summed E-state index contributed by atoms with van der Waals surface area (Å²) in [6.07, 6.45) is 7.42. The van der Waals surface area contributed by atoms with Crippen molar-refractivity contribution in [2.45, 2.75) is 44.2 Å². The summed E-state index contributed by atoms with van der Waals surface area (Å²) >= 11 is 2.43. The molecule has 0 bridgehead atoms. The first kappa shape index (κ1) is 20.6. The van der Waals surface area contributed by atoms with E-state index in [1.165, 1.54) is 29.6 Å². The van der Waals surface area contributed by atoms with Crippen LogP contribution in [0.5, 0.6) is 0 Å². The van der Waals surface area contributed by atoms with Crippen LogP contribution in [0, 0.1) is 9.39 Å². The first-order valence-electron chi connectivity index (χ1n) is 11.4. The number of nitrogens with zero attached hydrogens (tertiary/aromatic N) is 3. The second kappa shape index (κ2) is 8.43. The molecule has 2 aromatic carbocycles. The lowest BCUT2D eigenvalue weighted by Gasteiger charge is -2.24. The number of hydrogen-bond acceptors (Lipinski definition) is 3. The first-order valence-corrected chi connectivity index (χ1v) is 12.4. The molecule has 0 aliphatic carbocycles. The van der Waals surface area contributed by atoms with Gasteiger partial charge in [-0.15, -0.1) is 0 Å². The Kier molecular flexibility index (Phi) is 5.43. The minimum atomic E-state index is -0.219. The summed E-state index contributed by atoms with van der Waals surface area (Å²) < 4.78 is 30.7. The van der Waals surface area contributed by atoms with Crippen molar-refractivity contribution in [3.05, 3.63) is 57.7 Å². The first-order chi connectivity index (χ1) is 15.7. The molecule has 0 spiro atoms. The molecule has 166 valence electrons. The quantitative estimate of drug-likeness (QED) is 0.283. The van der Waals surface area contributed by atoms with Crippen LogP contribution in [0.25, 0.3) is 27.5 Å². The van der Waals surface area contributed by atoms with Gasteiger partial charge < -0.3 is 14.0 Å².